The topological polar surface area (TPSA) is 66.9 Å². The van der Waals surface area contributed by atoms with Crippen LogP contribution in [0.4, 0.5) is 11.6 Å². The van der Waals surface area contributed by atoms with Gasteiger partial charge in [0, 0.05) is 22.9 Å². The van der Waals surface area contributed by atoms with Gasteiger partial charge >= 0.3 is 0 Å². The van der Waals surface area contributed by atoms with Crippen LogP contribution in [0.3, 0.4) is 0 Å². The van der Waals surface area contributed by atoms with E-state index < -0.39 is 0 Å². The van der Waals surface area contributed by atoms with E-state index in [0.717, 1.165) is 24.1 Å². The van der Waals surface area contributed by atoms with Crippen LogP contribution in [0.25, 0.3) is 0 Å². The molecule has 3 rings (SSSR count). The van der Waals surface area contributed by atoms with Crippen molar-refractivity contribution in [2.24, 2.45) is 0 Å². The van der Waals surface area contributed by atoms with Gasteiger partial charge in [-0.3, -0.25) is 4.79 Å². The van der Waals surface area contributed by atoms with Crippen molar-refractivity contribution >= 4 is 29.1 Å². The Balaban J connectivity index is 1.77. The van der Waals surface area contributed by atoms with Gasteiger partial charge in [-0.05, 0) is 49.6 Å². The molecular formula is C15H15ClN4O. The van der Waals surface area contributed by atoms with E-state index in [2.05, 4.69) is 20.6 Å². The van der Waals surface area contributed by atoms with Gasteiger partial charge in [0.05, 0.1) is 0 Å². The second kappa shape index (κ2) is 5.69. The summed E-state index contributed by atoms with van der Waals surface area (Å²) in [5, 5.41) is 6.69. The molecule has 1 heterocycles. The molecular weight excluding hydrogens is 288 g/mol. The summed E-state index contributed by atoms with van der Waals surface area (Å²) in [5.74, 6) is 0.236. The number of hydrogen-bond acceptors (Lipinski definition) is 4. The van der Waals surface area contributed by atoms with Crippen LogP contribution in [0.2, 0.25) is 5.02 Å². The molecule has 0 spiro atoms. The number of amides is 1. The van der Waals surface area contributed by atoms with Crippen molar-refractivity contribution in [3.8, 4) is 0 Å². The Morgan fingerprint density at radius 1 is 1.33 bits per heavy atom. The van der Waals surface area contributed by atoms with Crippen molar-refractivity contribution in [2.45, 2.75) is 25.8 Å². The van der Waals surface area contributed by atoms with E-state index in [1.165, 1.54) is 0 Å². The van der Waals surface area contributed by atoms with Crippen molar-refractivity contribution in [2.75, 3.05) is 5.32 Å². The number of hydrogen-bond donors (Lipinski definition) is 2. The molecule has 0 aliphatic heterocycles. The lowest BCUT2D eigenvalue weighted by molar-refractivity contribution is 0.0946. The minimum Gasteiger partial charge on any atom is -0.348 e. The van der Waals surface area contributed by atoms with Crippen LogP contribution >= 0.6 is 11.6 Å². The van der Waals surface area contributed by atoms with Gasteiger partial charge in [0.25, 0.3) is 5.91 Å². The van der Waals surface area contributed by atoms with Crippen LogP contribution < -0.4 is 10.6 Å². The average Bonchev–Trinajstić information content (AvgIpc) is 3.26. The standard InChI is InChI=1S/C15H15ClN4O/c1-9-8-10(16)2-5-12(9)19-15-17-7-6-13(20-15)14(21)18-11-3-4-11/h2,5-8,11H,3-4H2,1H3,(H,18,21)(H,17,19,20). The van der Waals surface area contributed by atoms with Crippen molar-refractivity contribution < 1.29 is 4.79 Å². The Bertz CT molecular complexity index is 685. The predicted molar refractivity (Wildman–Crippen MR) is 82.0 cm³/mol. The number of nitrogens with one attached hydrogen (secondary N) is 2. The third kappa shape index (κ3) is 3.49. The highest BCUT2D eigenvalue weighted by atomic mass is 35.5. The van der Waals surface area contributed by atoms with E-state index in [9.17, 15) is 4.79 Å². The number of benzene rings is 1. The van der Waals surface area contributed by atoms with Crippen molar-refractivity contribution in [3.05, 3.63) is 46.7 Å². The van der Waals surface area contributed by atoms with Crippen molar-refractivity contribution in [3.63, 3.8) is 0 Å². The van der Waals surface area contributed by atoms with Crippen LogP contribution in [-0.2, 0) is 0 Å². The molecule has 1 aliphatic rings. The van der Waals surface area contributed by atoms with Gasteiger partial charge < -0.3 is 10.6 Å². The Morgan fingerprint density at radius 2 is 2.14 bits per heavy atom. The van der Waals surface area contributed by atoms with E-state index in [-0.39, 0.29) is 5.91 Å². The molecule has 2 N–H and O–H groups in total. The fourth-order valence-corrected chi connectivity index (χ4v) is 2.15. The van der Waals surface area contributed by atoms with Crippen molar-refractivity contribution in [1.82, 2.24) is 15.3 Å². The number of anilines is 2. The molecule has 1 saturated carbocycles. The van der Waals surface area contributed by atoms with Gasteiger partial charge in [0.2, 0.25) is 5.95 Å². The zero-order chi connectivity index (χ0) is 14.8. The predicted octanol–water partition coefficient (Wildman–Crippen LogP) is 3.07. The summed E-state index contributed by atoms with van der Waals surface area (Å²) in [6, 6.07) is 7.42. The van der Waals surface area contributed by atoms with Crippen LogP contribution in [0.5, 0.6) is 0 Å². The highest BCUT2D eigenvalue weighted by Gasteiger charge is 2.24. The lowest BCUT2D eigenvalue weighted by atomic mass is 10.2. The first-order valence-corrected chi connectivity index (χ1v) is 7.17. The molecule has 0 unspecified atom stereocenters. The van der Waals surface area contributed by atoms with Crippen molar-refractivity contribution in [1.29, 1.82) is 0 Å². The lowest BCUT2D eigenvalue weighted by Gasteiger charge is -2.09. The molecule has 6 heteroatoms. The molecule has 2 aromatic rings. The fraction of sp³-hybridized carbons (Fsp3) is 0.267. The summed E-state index contributed by atoms with van der Waals surface area (Å²) in [5.41, 5.74) is 2.21. The number of halogens is 1. The highest BCUT2D eigenvalue weighted by molar-refractivity contribution is 6.30. The van der Waals surface area contributed by atoms with Crippen LogP contribution in [-0.4, -0.2) is 21.9 Å². The molecule has 108 valence electrons. The summed E-state index contributed by atoms with van der Waals surface area (Å²) < 4.78 is 0. The smallest absolute Gasteiger partial charge is 0.270 e. The second-order valence-electron chi connectivity index (χ2n) is 5.10. The van der Waals surface area contributed by atoms with Gasteiger partial charge in [0.15, 0.2) is 0 Å². The van der Waals surface area contributed by atoms with Crippen LogP contribution in [0, 0.1) is 6.92 Å². The first kappa shape index (κ1) is 13.8. The number of aryl methyl sites for hydroxylation is 1. The summed E-state index contributed by atoms with van der Waals surface area (Å²) in [6.45, 7) is 1.94. The maximum Gasteiger partial charge on any atom is 0.270 e. The Labute approximate surface area is 127 Å². The molecule has 0 saturated heterocycles. The number of carbonyl (C=O) groups excluding carboxylic acids is 1. The van der Waals surface area contributed by atoms with Crippen LogP contribution in [0.1, 0.15) is 28.9 Å². The van der Waals surface area contributed by atoms with Gasteiger partial charge in [-0.25, -0.2) is 9.97 Å². The zero-order valence-electron chi connectivity index (χ0n) is 11.6. The normalized spacial score (nSPS) is 13.8. The minimum atomic E-state index is -0.157. The lowest BCUT2D eigenvalue weighted by Crippen LogP contribution is -2.26. The minimum absolute atomic E-state index is 0.157. The molecule has 0 bridgehead atoms. The Kier molecular flexibility index (Phi) is 3.75. The molecule has 21 heavy (non-hydrogen) atoms. The molecule has 1 aromatic carbocycles. The third-order valence-electron chi connectivity index (χ3n) is 3.24. The maximum atomic E-state index is 12.0. The number of rotatable bonds is 4. The quantitative estimate of drug-likeness (QED) is 0.911. The first-order valence-electron chi connectivity index (χ1n) is 6.79. The fourth-order valence-electron chi connectivity index (χ4n) is 1.92. The first-order chi connectivity index (χ1) is 10.1. The largest absolute Gasteiger partial charge is 0.348 e. The Hall–Kier alpha value is -2.14. The van der Waals surface area contributed by atoms with Gasteiger partial charge in [-0.1, -0.05) is 11.6 Å². The zero-order valence-corrected chi connectivity index (χ0v) is 12.3. The molecule has 5 nitrogen and oxygen atoms in total. The molecule has 1 aromatic heterocycles. The average molecular weight is 303 g/mol. The van der Waals surface area contributed by atoms with E-state index in [1.807, 2.05) is 19.1 Å². The Morgan fingerprint density at radius 3 is 2.86 bits per heavy atom. The molecule has 1 amide bonds. The number of nitrogens with zero attached hydrogens (tertiary/aromatic N) is 2. The molecule has 0 atom stereocenters. The summed E-state index contributed by atoms with van der Waals surface area (Å²) in [7, 11) is 0. The number of carbonyl (C=O) groups is 1. The van der Waals surface area contributed by atoms with Gasteiger partial charge in [0.1, 0.15) is 5.69 Å². The van der Waals surface area contributed by atoms with E-state index in [4.69, 9.17) is 11.6 Å². The second-order valence-corrected chi connectivity index (χ2v) is 5.53. The SMILES string of the molecule is Cc1cc(Cl)ccc1Nc1nccc(C(=O)NC2CC2)n1. The van der Waals surface area contributed by atoms with E-state index in [1.54, 1.807) is 18.3 Å². The van der Waals surface area contributed by atoms with Gasteiger partial charge in [-0.2, -0.15) is 0 Å². The number of aromatic nitrogens is 2. The summed E-state index contributed by atoms with van der Waals surface area (Å²) in [4.78, 5) is 20.3. The van der Waals surface area contributed by atoms with Gasteiger partial charge in [-0.15, -0.1) is 0 Å². The summed E-state index contributed by atoms with van der Waals surface area (Å²) >= 11 is 5.93. The molecule has 1 aliphatic carbocycles. The molecule has 0 radical (unpaired) electrons. The van der Waals surface area contributed by atoms with Crippen LogP contribution in [0.15, 0.2) is 30.5 Å². The maximum absolute atomic E-state index is 12.0. The molecule has 1 fully saturated rings. The highest BCUT2D eigenvalue weighted by Crippen LogP contribution is 2.22. The van der Waals surface area contributed by atoms with E-state index in [0.29, 0.717) is 22.7 Å². The monoisotopic (exact) mass is 302 g/mol. The van der Waals surface area contributed by atoms with E-state index >= 15 is 0 Å². The third-order valence-corrected chi connectivity index (χ3v) is 3.47. The summed E-state index contributed by atoms with van der Waals surface area (Å²) in [6.07, 6.45) is 3.67.